The summed E-state index contributed by atoms with van der Waals surface area (Å²) in [6.45, 7) is 11.3. The van der Waals surface area contributed by atoms with E-state index in [4.69, 9.17) is 27.9 Å². The molecule has 180 valence electrons. The smallest absolute Gasteiger partial charge is 0.324 e. The number of nitrogens with one attached hydrogen (secondary N) is 2. The molecule has 0 aromatic heterocycles. The Bertz CT molecular complexity index is 1040. The second kappa shape index (κ2) is 8.14. The van der Waals surface area contributed by atoms with Crippen molar-refractivity contribution in [1.29, 1.82) is 0 Å². The summed E-state index contributed by atoms with van der Waals surface area (Å²) in [7, 11) is 0. The fourth-order valence-corrected chi connectivity index (χ4v) is 7.55. The first kappa shape index (κ1) is 24.8. The topological polar surface area (TPSA) is 67.4 Å². The van der Waals surface area contributed by atoms with Crippen LogP contribution in [0.5, 0.6) is 0 Å². The zero-order valence-corrected chi connectivity index (χ0v) is 21.8. The van der Waals surface area contributed by atoms with Crippen molar-refractivity contribution in [3.63, 3.8) is 0 Å². The molecule has 3 aliphatic heterocycles. The van der Waals surface area contributed by atoms with E-state index in [1.807, 2.05) is 26.8 Å². The monoisotopic (exact) mass is 514 g/mol. The van der Waals surface area contributed by atoms with E-state index in [0.717, 1.165) is 0 Å². The van der Waals surface area contributed by atoms with E-state index in [-0.39, 0.29) is 27.8 Å². The van der Waals surface area contributed by atoms with Gasteiger partial charge in [-0.25, -0.2) is 4.39 Å². The first-order chi connectivity index (χ1) is 15.2. The van der Waals surface area contributed by atoms with Crippen LogP contribution in [0.3, 0.4) is 0 Å². The summed E-state index contributed by atoms with van der Waals surface area (Å²) in [6, 6.07) is 2.97. The van der Waals surface area contributed by atoms with Gasteiger partial charge in [0.1, 0.15) is 17.5 Å². The van der Waals surface area contributed by atoms with Crippen LogP contribution in [-0.4, -0.2) is 40.9 Å². The molecule has 1 aromatic carbocycles. The average molecular weight is 515 g/mol. The maximum atomic E-state index is 15.5. The van der Waals surface area contributed by atoms with Crippen LogP contribution in [0.25, 0.3) is 0 Å². The number of esters is 1. The Morgan fingerprint density at radius 1 is 1.18 bits per heavy atom. The minimum atomic E-state index is -1.17. The molecule has 0 bridgehead atoms. The van der Waals surface area contributed by atoms with Crippen molar-refractivity contribution < 1.29 is 18.7 Å². The van der Waals surface area contributed by atoms with Crippen molar-refractivity contribution in [1.82, 2.24) is 10.6 Å². The van der Waals surface area contributed by atoms with Gasteiger partial charge in [0.15, 0.2) is 0 Å². The molecule has 2 fully saturated rings. The number of rotatable bonds is 2. The number of carbonyl (C=O) groups is 2. The van der Waals surface area contributed by atoms with Crippen LogP contribution in [0, 0.1) is 16.6 Å². The van der Waals surface area contributed by atoms with Gasteiger partial charge < -0.3 is 10.1 Å². The van der Waals surface area contributed by atoms with Gasteiger partial charge in [0.25, 0.3) is 0 Å². The van der Waals surface area contributed by atoms with Crippen LogP contribution in [0.1, 0.15) is 53.0 Å². The fourth-order valence-electron chi connectivity index (χ4n) is 5.60. The molecule has 33 heavy (non-hydrogen) atoms. The predicted octanol–water partition coefficient (Wildman–Crippen LogP) is 4.97. The van der Waals surface area contributed by atoms with Gasteiger partial charge in [0.2, 0.25) is 5.91 Å². The third-order valence-corrected chi connectivity index (χ3v) is 8.54. The van der Waals surface area contributed by atoms with Crippen LogP contribution in [-0.2, 0) is 14.3 Å². The van der Waals surface area contributed by atoms with E-state index >= 15 is 4.39 Å². The van der Waals surface area contributed by atoms with Gasteiger partial charge in [-0.15, -0.1) is 11.8 Å². The first-order valence-corrected chi connectivity index (χ1v) is 12.6. The summed E-state index contributed by atoms with van der Waals surface area (Å²) in [6.07, 6.45) is 1.81. The minimum absolute atomic E-state index is 0.0602. The highest BCUT2D eigenvalue weighted by atomic mass is 35.5. The van der Waals surface area contributed by atoms with Crippen LogP contribution in [0.4, 0.5) is 4.39 Å². The SMILES string of the molecule is CC(C)(C)OC(=O)[C@@H]1NC(C(C)(C)C)[C@@]2(C(=O)NC3C=C(Cl)SC32)[C@H]1c1cccc(Cl)c1F. The molecule has 0 saturated carbocycles. The van der Waals surface area contributed by atoms with E-state index in [1.165, 1.54) is 17.8 Å². The standard InChI is InChI=1S/C24H29Cl2FN2O3S/c1-22(2,3)20-24(18-13(28-21(24)31)10-14(26)33-18)15(11-8-7-9-12(25)16(11)27)17(29-20)19(30)32-23(4,5)6/h7-10,13,15,17-18,20,29H,1-6H3,(H,28,31)/t13?,15-,17+,18?,20?,24+/m0/s1. The Morgan fingerprint density at radius 2 is 1.85 bits per heavy atom. The third kappa shape index (κ3) is 3.99. The second-order valence-electron chi connectivity index (χ2n) is 11.0. The quantitative estimate of drug-likeness (QED) is 0.545. The molecule has 0 aliphatic carbocycles. The van der Waals surface area contributed by atoms with Gasteiger partial charge in [0.05, 0.1) is 26.1 Å². The summed E-state index contributed by atoms with van der Waals surface area (Å²) < 4.78 is 21.9. The molecule has 1 amide bonds. The van der Waals surface area contributed by atoms with Crippen molar-refractivity contribution in [3.05, 3.63) is 45.0 Å². The van der Waals surface area contributed by atoms with Crippen molar-refractivity contribution in [2.75, 3.05) is 0 Å². The van der Waals surface area contributed by atoms with Gasteiger partial charge >= 0.3 is 5.97 Å². The summed E-state index contributed by atoms with van der Waals surface area (Å²) in [5.74, 6) is -2.25. The lowest BCUT2D eigenvalue weighted by atomic mass is 9.61. The number of fused-ring (bicyclic) bond motifs is 2. The van der Waals surface area contributed by atoms with Crippen LogP contribution in [0.2, 0.25) is 5.02 Å². The minimum Gasteiger partial charge on any atom is -0.459 e. The molecule has 3 aliphatic rings. The Balaban J connectivity index is 1.97. The molecular formula is C24H29Cl2FN2O3S. The first-order valence-electron chi connectivity index (χ1n) is 11.0. The highest BCUT2D eigenvalue weighted by Gasteiger charge is 2.72. The van der Waals surface area contributed by atoms with E-state index in [2.05, 4.69) is 10.6 Å². The summed E-state index contributed by atoms with van der Waals surface area (Å²) in [5, 5.41) is 6.08. The van der Waals surface area contributed by atoms with Gasteiger partial charge in [-0.1, -0.05) is 56.1 Å². The highest BCUT2D eigenvalue weighted by Crippen LogP contribution is 2.62. The number of thioether (sulfide) groups is 1. The normalized spacial score (nSPS) is 33.8. The number of amides is 1. The zero-order valence-electron chi connectivity index (χ0n) is 19.5. The molecule has 2 saturated heterocycles. The maximum absolute atomic E-state index is 15.5. The molecule has 4 rings (SSSR count). The molecule has 1 spiro atoms. The molecule has 3 unspecified atom stereocenters. The Kier molecular flexibility index (Phi) is 6.13. The van der Waals surface area contributed by atoms with Crippen molar-refractivity contribution in [2.24, 2.45) is 10.8 Å². The van der Waals surface area contributed by atoms with Crippen molar-refractivity contribution >= 4 is 46.8 Å². The number of hydrogen-bond donors (Lipinski definition) is 2. The number of carbonyl (C=O) groups excluding carboxylic acids is 2. The molecule has 3 heterocycles. The molecule has 0 radical (unpaired) electrons. The van der Waals surface area contributed by atoms with E-state index in [0.29, 0.717) is 4.36 Å². The number of halogens is 3. The van der Waals surface area contributed by atoms with Crippen molar-refractivity contribution in [3.8, 4) is 0 Å². The van der Waals surface area contributed by atoms with Gasteiger partial charge in [-0.2, -0.15) is 0 Å². The van der Waals surface area contributed by atoms with Crippen LogP contribution in [0.15, 0.2) is 28.6 Å². The summed E-state index contributed by atoms with van der Waals surface area (Å²) in [4.78, 5) is 27.4. The number of ether oxygens (including phenoxy) is 1. The second-order valence-corrected chi connectivity index (χ2v) is 13.3. The van der Waals surface area contributed by atoms with Crippen LogP contribution >= 0.6 is 35.0 Å². The molecule has 9 heteroatoms. The molecule has 6 atom stereocenters. The molecule has 5 nitrogen and oxygen atoms in total. The van der Waals surface area contributed by atoms with E-state index < -0.39 is 46.2 Å². The predicted molar refractivity (Wildman–Crippen MR) is 130 cm³/mol. The maximum Gasteiger partial charge on any atom is 0.324 e. The van der Waals surface area contributed by atoms with Crippen molar-refractivity contribution in [2.45, 2.75) is 76.4 Å². The Labute approximate surface area is 208 Å². The lowest BCUT2D eigenvalue weighted by Gasteiger charge is -2.43. The average Bonchev–Trinajstić information content (AvgIpc) is 3.28. The fraction of sp³-hybridized carbons (Fsp3) is 0.583. The van der Waals surface area contributed by atoms with Gasteiger partial charge in [0, 0.05) is 12.0 Å². The molecule has 2 N–H and O–H groups in total. The third-order valence-electron chi connectivity index (χ3n) is 6.55. The van der Waals surface area contributed by atoms with Crippen LogP contribution < -0.4 is 10.6 Å². The number of hydrogen-bond acceptors (Lipinski definition) is 5. The molecular weight excluding hydrogens is 486 g/mol. The Morgan fingerprint density at radius 3 is 2.45 bits per heavy atom. The summed E-state index contributed by atoms with van der Waals surface area (Å²) in [5.41, 5.74) is -2.16. The van der Waals surface area contributed by atoms with E-state index in [1.54, 1.807) is 32.9 Å². The lowest BCUT2D eigenvalue weighted by molar-refractivity contribution is -0.157. The van der Waals surface area contributed by atoms with E-state index in [9.17, 15) is 9.59 Å². The van der Waals surface area contributed by atoms with Gasteiger partial charge in [-0.3, -0.25) is 14.9 Å². The zero-order chi connectivity index (χ0) is 24.5. The molecule has 1 aromatic rings. The Hall–Kier alpha value is -1.28. The summed E-state index contributed by atoms with van der Waals surface area (Å²) >= 11 is 13.9. The lowest BCUT2D eigenvalue weighted by Crippen LogP contribution is -2.55. The highest BCUT2D eigenvalue weighted by molar-refractivity contribution is 8.05. The van der Waals surface area contributed by atoms with Gasteiger partial charge in [-0.05, 0) is 43.9 Å². The number of benzene rings is 1. The largest absolute Gasteiger partial charge is 0.459 e.